The Kier molecular flexibility index (Phi) is 9.35. The maximum absolute atomic E-state index is 15.2. The predicted octanol–water partition coefficient (Wildman–Crippen LogP) is 5.73. The van der Waals surface area contributed by atoms with E-state index >= 15 is 4.39 Å². The monoisotopic (exact) mass is 564 g/mol. The number of rotatable bonds is 9. The molecule has 0 spiro atoms. The zero-order chi connectivity index (χ0) is 29.6. The van der Waals surface area contributed by atoms with E-state index in [2.05, 4.69) is 20.6 Å². The van der Waals surface area contributed by atoms with Crippen LogP contribution in [-0.4, -0.2) is 47.8 Å². The molecule has 2 aromatic heterocycles. The number of carbonyl (C=O) groups excluding carboxylic acids is 1. The maximum Gasteiger partial charge on any atom is 0.306 e. The number of anilines is 4. The Morgan fingerprint density at radius 1 is 1.15 bits per heavy atom. The molecule has 0 unspecified atom stereocenters. The van der Waals surface area contributed by atoms with Gasteiger partial charge in [-0.05, 0) is 38.3 Å². The summed E-state index contributed by atoms with van der Waals surface area (Å²) in [6, 6.07) is 13.0. The molecule has 3 heterocycles. The molecule has 1 fully saturated rings. The molecule has 2 N–H and O–H groups in total. The lowest BCUT2D eigenvalue weighted by Crippen LogP contribution is -2.37. The van der Waals surface area contributed by atoms with Crippen LogP contribution >= 0.6 is 0 Å². The molecule has 3 aromatic rings. The van der Waals surface area contributed by atoms with Crippen molar-refractivity contribution in [3.8, 4) is 6.07 Å². The molecule has 1 aromatic carbocycles. The van der Waals surface area contributed by atoms with E-state index < -0.39 is 23.3 Å². The van der Waals surface area contributed by atoms with Gasteiger partial charge in [0.15, 0.2) is 29.1 Å². The Bertz CT molecular complexity index is 1400. The first-order valence-electron chi connectivity index (χ1n) is 13.4. The number of nitriles is 1. The van der Waals surface area contributed by atoms with Crippen molar-refractivity contribution in [1.82, 2.24) is 9.97 Å². The average Bonchev–Trinajstić information content (AvgIpc) is 2.93. The fourth-order valence-electron chi connectivity index (χ4n) is 4.54. The summed E-state index contributed by atoms with van der Waals surface area (Å²) in [6.07, 6.45) is 1.51. The standard InChI is InChI=1S/C30H34F2N6O3/c1-19(14-25(39)41-30(2,3)4)26(20-8-6-5-7-9-20)36-28-23(31)15-21(17-33)27(37-28)35-22-16-24(32)29(34-18-22)38-10-12-40-13-11-38/h5-9,15-16,18-19,26H,10-14H2,1-4H3,(H2,35,36,37)/t19-,26+/m1/s1. The second-order valence-corrected chi connectivity index (χ2v) is 10.9. The van der Waals surface area contributed by atoms with Gasteiger partial charge in [0.1, 0.15) is 11.7 Å². The van der Waals surface area contributed by atoms with Crippen molar-refractivity contribution in [2.75, 3.05) is 41.8 Å². The van der Waals surface area contributed by atoms with Crippen molar-refractivity contribution in [3.05, 3.63) is 71.4 Å². The lowest BCUT2D eigenvalue weighted by atomic mass is 9.91. The average molecular weight is 565 g/mol. The summed E-state index contributed by atoms with van der Waals surface area (Å²) in [4.78, 5) is 23.0. The normalized spacial score (nSPS) is 15.0. The number of nitrogens with one attached hydrogen (secondary N) is 2. The molecular weight excluding hydrogens is 530 g/mol. The van der Waals surface area contributed by atoms with Gasteiger partial charge in [0, 0.05) is 19.2 Å². The van der Waals surface area contributed by atoms with E-state index in [0.717, 1.165) is 11.6 Å². The molecule has 0 saturated carbocycles. The molecule has 1 aliphatic heterocycles. The Balaban J connectivity index is 1.60. The highest BCUT2D eigenvalue weighted by atomic mass is 19.1. The van der Waals surface area contributed by atoms with Gasteiger partial charge in [0.25, 0.3) is 0 Å². The van der Waals surface area contributed by atoms with Crippen molar-refractivity contribution >= 4 is 29.1 Å². The first-order valence-corrected chi connectivity index (χ1v) is 13.4. The predicted molar refractivity (Wildman–Crippen MR) is 152 cm³/mol. The maximum atomic E-state index is 15.2. The third-order valence-corrected chi connectivity index (χ3v) is 6.42. The largest absolute Gasteiger partial charge is 0.460 e. The van der Waals surface area contributed by atoms with Crippen molar-refractivity contribution < 1.29 is 23.0 Å². The van der Waals surface area contributed by atoms with Crippen LogP contribution in [0.1, 0.15) is 51.3 Å². The van der Waals surface area contributed by atoms with E-state index in [1.165, 1.54) is 12.3 Å². The van der Waals surface area contributed by atoms with Crippen LogP contribution in [0.4, 0.5) is 31.9 Å². The van der Waals surface area contributed by atoms with Gasteiger partial charge >= 0.3 is 5.97 Å². The Morgan fingerprint density at radius 2 is 1.85 bits per heavy atom. The minimum atomic E-state index is -0.746. The van der Waals surface area contributed by atoms with Crippen LogP contribution in [0, 0.1) is 28.9 Å². The first kappa shape index (κ1) is 29.7. The molecule has 1 aliphatic rings. The number of hydrogen-bond donors (Lipinski definition) is 2. The molecular formula is C30H34F2N6O3. The van der Waals surface area contributed by atoms with Crippen LogP contribution in [0.3, 0.4) is 0 Å². The van der Waals surface area contributed by atoms with Gasteiger partial charge in [-0.2, -0.15) is 5.26 Å². The summed E-state index contributed by atoms with van der Waals surface area (Å²) in [6.45, 7) is 9.28. The minimum absolute atomic E-state index is 0.0309. The number of morpholine rings is 1. The molecule has 41 heavy (non-hydrogen) atoms. The third kappa shape index (κ3) is 7.89. The van der Waals surface area contributed by atoms with Crippen LogP contribution in [0.5, 0.6) is 0 Å². The van der Waals surface area contributed by atoms with Gasteiger partial charge < -0.3 is 25.0 Å². The SMILES string of the molecule is C[C@H](CC(=O)OC(C)(C)C)[C@H](Nc1nc(Nc2cnc(N3CCOCC3)c(F)c2)c(C#N)cc1F)c1ccccc1. The number of benzene rings is 1. The Labute approximate surface area is 238 Å². The second-order valence-electron chi connectivity index (χ2n) is 10.9. The lowest BCUT2D eigenvalue weighted by Gasteiger charge is -2.28. The van der Waals surface area contributed by atoms with E-state index in [4.69, 9.17) is 9.47 Å². The molecule has 11 heteroatoms. The molecule has 0 bridgehead atoms. The van der Waals surface area contributed by atoms with Gasteiger partial charge in [0.2, 0.25) is 0 Å². The van der Waals surface area contributed by atoms with E-state index in [9.17, 15) is 14.4 Å². The fourth-order valence-corrected chi connectivity index (χ4v) is 4.54. The molecule has 0 aliphatic carbocycles. The number of halogens is 2. The number of nitrogens with zero attached hydrogens (tertiary/aromatic N) is 4. The highest BCUT2D eigenvalue weighted by molar-refractivity contribution is 5.70. The number of esters is 1. The number of pyridine rings is 2. The van der Waals surface area contributed by atoms with E-state index in [-0.39, 0.29) is 47.0 Å². The van der Waals surface area contributed by atoms with E-state index in [1.807, 2.05) is 43.3 Å². The fraction of sp³-hybridized carbons (Fsp3) is 0.400. The summed E-state index contributed by atoms with van der Waals surface area (Å²) >= 11 is 0. The van der Waals surface area contributed by atoms with Crippen LogP contribution in [-0.2, 0) is 14.3 Å². The van der Waals surface area contributed by atoms with Crippen molar-refractivity contribution in [2.45, 2.75) is 45.8 Å². The Hall–Kier alpha value is -4.30. The zero-order valence-electron chi connectivity index (χ0n) is 23.6. The topological polar surface area (TPSA) is 112 Å². The minimum Gasteiger partial charge on any atom is -0.460 e. The zero-order valence-corrected chi connectivity index (χ0v) is 23.6. The van der Waals surface area contributed by atoms with Gasteiger partial charge in [0.05, 0.1) is 43.1 Å². The summed E-state index contributed by atoms with van der Waals surface area (Å²) in [5, 5.41) is 15.7. The molecule has 1 saturated heterocycles. The number of ether oxygens (including phenoxy) is 2. The lowest BCUT2D eigenvalue weighted by molar-refractivity contribution is -0.155. The summed E-state index contributed by atoms with van der Waals surface area (Å²) in [5.74, 6) is -1.87. The molecule has 4 rings (SSSR count). The van der Waals surface area contributed by atoms with Gasteiger partial charge in [-0.15, -0.1) is 0 Å². The molecule has 2 atom stereocenters. The quantitative estimate of drug-likeness (QED) is 0.315. The summed E-state index contributed by atoms with van der Waals surface area (Å²) in [5.41, 5.74) is 0.360. The van der Waals surface area contributed by atoms with Crippen molar-refractivity contribution in [2.24, 2.45) is 5.92 Å². The van der Waals surface area contributed by atoms with E-state index in [0.29, 0.717) is 26.3 Å². The smallest absolute Gasteiger partial charge is 0.306 e. The van der Waals surface area contributed by atoms with Crippen LogP contribution in [0.25, 0.3) is 0 Å². The van der Waals surface area contributed by atoms with Crippen molar-refractivity contribution in [3.63, 3.8) is 0 Å². The second kappa shape index (κ2) is 12.9. The van der Waals surface area contributed by atoms with Gasteiger partial charge in [-0.25, -0.2) is 18.7 Å². The molecule has 0 amide bonds. The highest BCUT2D eigenvalue weighted by Gasteiger charge is 2.27. The molecule has 0 radical (unpaired) electrons. The molecule has 9 nitrogen and oxygen atoms in total. The van der Waals surface area contributed by atoms with Crippen LogP contribution in [0.2, 0.25) is 0 Å². The van der Waals surface area contributed by atoms with Gasteiger partial charge in [-0.1, -0.05) is 37.3 Å². The first-order chi connectivity index (χ1) is 19.5. The van der Waals surface area contributed by atoms with E-state index in [1.54, 1.807) is 25.7 Å². The summed E-state index contributed by atoms with van der Waals surface area (Å²) < 4.78 is 41.0. The number of carbonyl (C=O) groups is 1. The highest BCUT2D eigenvalue weighted by Crippen LogP contribution is 2.32. The number of aromatic nitrogens is 2. The third-order valence-electron chi connectivity index (χ3n) is 6.42. The van der Waals surface area contributed by atoms with Crippen LogP contribution < -0.4 is 15.5 Å². The van der Waals surface area contributed by atoms with Gasteiger partial charge in [-0.3, -0.25) is 4.79 Å². The van der Waals surface area contributed by atoms with Crippen LogP contribution in [0.15, 0.2) is 48.7 Å². The number of hydrogen-bond acceptors (Lipinski definition) is 9. The van der Waals surface area contributed by atoms with Crippen molar-refractivity contribution in [1.29, 1.82) is 5.26 Å². The molecule has 216 valence electrons. The summed E-state index contributed by atoms with van der Waals surface area (Å²) in [7, 11) is 0. The Morgan fingerprint density at radius 3 is 2.49 bits per heavy atom.